The summed E-state index contributed by atoms with van der Waals surface area (Å²) in [6.45, 7) is 0.192. The second kappa shape index (κ2) is 5.38. The summed E-state index contributed by atoms with van der Waals surface area (Å²) >= 11 is 5.77. The maximum absolute atomic E-state index is 12.5. The Hall–Kier alpha value is -1.27. The number of hydrogen-bond acceptors (Lipinski definition) is 1. The minimum atomic E-state index is -4.45. The van der Waals surface area contributed by atoms with Gasteiger partial charge in [-0.3, -0.25) is 4.79 Å². The fourth-order valence-electron chi connectivity index (χ4n) is 1.60. The third kappa shape index (κ3) is 4.11. The quantitative estimate of drug-likeness (QED) is 0.876. The van der Waals surface area contributed by atoms with Crippen LogP contribution in [0.2, 0.25) is 5.02 Å². The maximum atomic E-state index is 12.5. The molecule has 3 nitrogen and oxygen atoms in total. The lowest BCUT2D eigenvalue weighted by Crippen LogP contribution is -2.87. The molecular weight excluding hydrogens is 281 g/mol. The average molecular weight is 294 g/mol. The van der Waals surface area contributed by atoms with E-state index in [1.54, 1.807) is 0 Å². The molecule has 0 heterocycles. The predicted octanol–water partition coefficient (Wildman–Crippen LogP) is 2.02. The molecule has 1 aliphatic rings. The van der Waals surface area contributed by atoms with Crippen molar-refractivity contribution >= 4 is 23.2 Å². The van der Waals surface area contributed by atoms with Gasteiger partial charge in [0, 0.05) is 12.8 Å². The minimum Gasteiger partial charge on any atom is -0.336 e. The van der Waals surface area contributed by atoms with Gasteiger partial charge in [-0.2, -0.15) is 13.2 Å². The molecule has 0 atom stereocenters. The number of carbonyl (C=O) groups excluding carboxylic acids is 1. The van der Waals surface area contributed by atoms with Crippen LogP contribution in [0.4, 0.5) is 18.9 Å². The zero-order valence-corrected chi connectivity index (χ0v) is 10.7. The summed E-state index contributed by atoms with van der Waals surface area (Å²) in [7, 11) is 0. The molecule has 0 spiro atoms. The van der Waals surface area contributed by atoms with Gasteiger partial charge in [0.1, 0.15) is 0 Å². The number of amides is 1. The van der Waals surface area contributed by atoms with Gasteiger partial charge >= 0.3 is 6.18 Å². The number of nitrogens with two attached hydrogens (primary N) is 1. The van der Waals surface area contributed by atoms with Crippen LogP contribution in [-0.2, 0) is 11.0 Å². The third-order valence-electron chi connectivity index (χ3n) is 2.83. The standard InChI is InChI=1S/C12H12ClF3N2O/c13-9-4-1-7(12(14,15)16)5-10(9)18-11(19)6-17-8-2-3-8/h1,4-5,8,17H,2-3,6H2,(H,18,19)/p+1. The lowest BCUT2D eigenvalue weighted by Gasteiger charge is -2.11. The Morgan fingerprint density at radius 2 is 2.11 bits per heavy atom. The monoisotopic (exact) mass is 293 g/mol. The van der Waals surface area contributed by atoms with E-state index in [1.807, 2.05) is 5.32 Å². The van der Waals surface area contributed by atoms with Crippen LogP contribution in [0.25, 0.3) is 0 Å². The zero-order chi connectivity index (χ0) is 14.0. The van der Waals surface area contributed by atoms with Crippen molar-refractivity contribution < 1.29 is 23.3 Å². The molecule has 19 heavy (non-hydrogen) atoms. The summed E-state index contributed by atoms with van der Waals surface area (Å²) in [6, 6.07) is 3.33. The highest BCUT2D eigenvalue weighted by Crippen LogP contribution is 2.33. The van der Waals surface area contributed by atoms with E-state index < -0.39 is 11.7 Å². The third-order valence-corrected chi connectivity index (χ3v) is 3.16. The first-order valence-electron chi connectivity index (χ1n) is 5.86. The Morgan fingerprint density at radius 1 is 1.42 bits per heavy atom. The van der Waals surface area contributed by atoms with E-state index in [-0.39, 0.29) is 23.2 Å². The molecule has 1 aromatic rings. The molecule has 0 saturated heterocycles. The first-order chi connectivity index (χ1) is 8.86. The smallest absolute Gasteiger partial charge is 0.336 e. The fourth-order valence-corrected chi connectivity index (χ4v) is 1.77. The topological polar surface area (TPSA) is 45.7 Å². The summed E-state index contributed by atoms with van der Waals surface area (Å²) in [5.41, 5.74) is -0.843. The minimum absolute atomic E-state index is 0.00862. The van der Waals surface area contributed by atoms with Crippen molar-refractivity contribution in [1.82, 2.24) is 0 Å². The van der Waals surface area contributed by atoms with Crippen LogP contribution >= 0.6 is 11.6 Å². The summed E-state index contributed by atoms with van der Waals surface area (Å²) in [5.74, 6) is -0.354. The van der Waals surface area contributed by atoms with Crippen LogP contribution in [0, 0.1) is 0 Å². The highest BCUT2D eigenvalue weighted by atomic mass is 35.5. The number of halogens is 4. The van der Waals surface area contributed by atoms with Crippen molar-refractivity contribution in [2.75, 3.05) is 11.9 Å². The van der Waals surface area contributed by atoms with Crippen molar-refractivity contribution in [3.05, 3.63) is 28.8 Å². The van der Waals surface area contributed by atoms with Crippen molar-refractivity contribution in [1.29, 1.82) is 0 Å². The summed E-state index contributed by atoms with van der Waals surface area (Å²) in [4.78, 5) is 11.6. The van der Waals surface area contributed by atoms with Gasteiger partial charge in [-0.15, -0.1) is 0 Å². The zero-order valence-electron chi connectivity index (χ0n) is 9.93. The Morgan fingerprint density at radius 3 is 2.68 bits per heavy atom. The van der Waals surface area contributed by atoms with Crippen LogP contribution in [0.5, 0.6) is 0 Å². The molecule has 1 saturated carbocycles. The van der Waals surface area contributed by atoms with Crippen LogP contribution in [0.15, 0.2) is 18.2 Å². The molecule has 2 rings (SSSR count). The Balaban J connectivity index is 2.03. The largest absolute Gasteiger partial charge is 0.416 e. The van der Waals surface area contributed by atoms with Gasteiger partial charge in [0.2, 0.25) is 0 Å². The van der Waals surface area contributed by atoms with Gasteiger partial charge in [0.25, 0.3) is 5.91 Å². The second-order valence-electron chi connectivity index (χ2n) is 4.52. The molecule has 0 aromatic heterocycles. The van der Waals surface area contributed by atoms with Gasteiger partial charge in [-0.25, -0.2) is 0 Å². The molecule has 104 valence electrons. The molecular formula is C12H13ClF3N2O+. The van der Waals surface area contributed by atoms with Crippen LogP contribution in [-0.4, -0.2) is 18.5 Å². The molecule has 7 heteroatoms. The van der Waals surface area contributed by atoms with Gasteiger partial charge in [-0.1, -0.05) is 11.6 Å². The normalized spacial score (nSPS) is 15.4. The number of benzene rings is 1. The number of anilines is 1. The first-order valence-corrected chi connectivity index (χ1v) is 6.24. The van der Waals surface area contributed by atoms with Gasteiger partial charge in [-0.05, 0) is 18.2 Å². The molecule has 1 amide bonds. The summed E-state index contributed by atoms with van der Waals surface area (Å²) in [6.07, 6.45) is -2.29. The number of hydrogen-bond donors (Lipinski definition) is 2. The van der Waals surface area contributed by atoms with E-state index in [0.29, 0.717) is 6.04 Å². The number of alkyl halides is 3. The van der Waals surface area contributed by atoms with Crippen LogP contribution < -0.4 is 10.6 Å². The maximum Gasteiger partial charge on any atom is 0.416 e. The van der Waals surface area contributed by atoms with E-state index >= 15 is 0 Å². The van der Waals surface area contributed by atoms with Crippen LogP contribution in [0.3, 0.4) is 0 Å². The van der Waals surface area contributed by atoms with E-state index in [0.717, 1.165) is 31.0 Å². The lowest BCUT2D eigenvalue weighted by atomic mass is 10.2. The molecule has 3 N–H and O–H groups in total. The number of nitrogens with one attached hydrogen (secondary N) is 1. The molecule has 1 aliphatic carbocycles. The van der Waals surface area contributed by atoms with Gasteiger partial charge in [0.15, 0.2) is 6.54 Å². The van der Waals surface area contributed by atoms with Crippen molar-refractivity contribution in [3.63, 3.8) is 0 Å². The average Bonchev–Trinajstić information content (AvgIpc) is 3.12. The van der Waals surface area contributed by atoms with Crippen LogP contribution in [0.1, 0.15) is 18.4 Å². The molecule has 0 radical (unpaired) electrons. The van der Waals surface area contributed by atoms with Crippen molar-refractivity contribution in [3.8, 4) is 0 Å². The van der Waals surface area contributed by atoms with Gasteiger partial charge < -0.3 is 10.6 Å². The SMILES string of the molecule is O=C(C[NH2+]C1CC1)Nc1cc(C(F)(F)F)ccc1Cl. The predicted molar refractivity (Wildman–Crippen MR) is 64.9 cm³/mol. The molecule has 1 aromatic carbocycles. The highest BCUT2D eigenvalue weighted by molar-refractivity contribution is 6.33. The molecule has 0 aliphatic heterocycles. The number of rotatable bonds is 4. The first kappa shape index (κ1) is 14.1. The molecule has 0 unspecified atom stereocenters. The fraction of sp³-hybridized carbons (Fsp3) is 0.417. The number of quaternary nitrogens is 1. The second-order valence-corrected chi connectivity index (χ2v) is 4.93. The summed E-state index contributed by atoms with van der Waals surface area (Å²) in [5, 5.41) is 4.37. The van der Waals surface area contributed by atoms with E-state index in [4.69, 9.17) is 11.6 Å². The Kier molecular flexibility index (Phi) is 4.01. The van der Waals surface area contributed by atoms with Crippen molar-refractivity contribution in [2.45, 2.75) is 25.1 Å². The molecule has 1 fully saturated rings. The van der Waals surface area contributed by atoms with Crippen molar-refractivity contribution in [2.24, 2.45) is 0 Å². The lowest BCUT2D eigenvalue weighted by molar-refractivity contribution is -0.657. The van der Waals surface area contributed by atoms with E-state index in [1.165, 1.54) is 0 Å². The van der Waals surface area contributed by atoms with Gasteiger partial charge in [0.05, 0.1) is 22.3 Å². The Bertz CT molecular complexity index is 486. The summed E-state index contributed by atoms with van der Waals surface area (Å²) < 4.78 is 37.6. The highest BCUT2D eigenvalue weighted by Gasteiger charge is 2.31. The van der Waals surface area contributed by atoms with E-state index in [9.17, 15) is 18.0 Å². The molecule has 0 bridgehead atoms. The number of carbonyl (C=O) groups is 1. The Labute approximate surface area is 113 Å². The van der Waals surface area contributed by atoms with E-state index in [2.05, 4.69) is 5.32 Å².